The normalized spacial score (nSPS) is 13.0. The predicted molar refractivity (Wildman–Crippen MR) is 242 cm³/mol. The maximum atomic E-state index is 12.7. The molecule has 0 aromatic carbocycles. The zero-order chi connectivity index (χ0) is 41.5. The molecule has 1 unspecified atom stereocenters. The summed E-state index contributed by atoms with van der Waals surface area (Å²) in [6.07, 6.45) is 58.4. The molecule has 0 spiro atoms. The highest BCUT2D eigenvalue weighted by molar-refractivity contribution is 5.71. The molecular formula is C51H82O6. The van der Waals surface area contributed by atoms with Crippen LogP contribution in [0, 0.1) is 0 Å². The fourth-order valence-corrected chi connectivity index (χ4v) is 5.78. The van der Waals surface area contributed by atoms with E-state index in [2.05, 4.69) is 63.3 Å². The van der Waals surface area contributed by atoms with Crippen molar-refractivity contribution in [3.8, 4) is 0 Å². The van der Waals surface area contributed by atoms with Gasteiger partial charge in [-0.25, -0.2) is 0 Å². The van der Waals surface area contributed by atoms with Crippen LogP contribution in [-0.4, -0.2) is 37.2 Å². The molecule has 0 saturated heterocycles. The van der Waals surface area contributed by atoms with E-state index in [-0.39, 0.29) is 38.0 Å². The van der Waals surface area contributed by atoms with E-state index in [1.165, 1.54) is 83.5 Å². The number of rotatable bonds is 39. The predicted octanol–water partition coefficient (Wildman–Crippen LogP) is 14.6. The highest BCUT2D eigenvalue weighted by atomic mass is 16.6. The summed E-state index contributed by atoms with van der Waals surface area (Å²) < 4.78 is 16.6. The van der Waals surface area contributed by atoms with Gasteiger partial charge in [-0.05, 0) is 64.2 Å². The first kappa shape index (κ1) is 53.3. The first-order chi connectivity index (χ1) is 28.0. The number of carbonyl (C=O) groups excluding carboxylic acids is 3. The van der Waals surface area contributed by atoms with Crippen LogP contribution in [0.15, 0.2) is 97.2 Å². The van der Waals surface area contributed by atoms with Crippen molar-refractivity contribution in [1.29, 1.82) is 0 Å². The molecule has 0 N–H and O–H groups in total. The molecule has 0 saturated carbocycles. The van der Waals surface area contributed by atoms with E-state index in [0.717, 1.165) is 51.4 Å². The lowest BCUT2D eigenvalue weighted by molar-refractivity contribution is -0.167. The standard InChI is InChI=1S/C51H82O6/c1-4-7-10-13-16-19-21-23-24-25-26-28-29-32-35-38-41-44-50(53)56-47-48(46-55-49(52)43-40-37-34-31-18-15-12-9-6-3)57-51(54)45-42-39-36-33-30-27-22-20-17-14-11-8-5-2/h8,11,14,17,20,22-24,26-28,30,32-33,35-36,48H,4-7,9-10,12-13,15-16,18-19,21,25,29,31,34,37-47H2,1-3H3/b11-8-,17-14-,22-20-,24-23-,28-26-,30-27-,35-32-,36-33-. The lowest BCUT2D eigenvalue weighted by Crippen LogP contribution is -2.30. The number of hydrogen-bond donors (Lipinski definition) is 0. The molecule has 0 aliphatic heterocycles. The van der Waals surface area contributed by atoms with Crippen molar-refractivity contribution in [3.63, 3.8) is 0 Å². The monoisotopic (exact) mass is 791 g/mol. The van der Waals surface area contributed by atoms with Crippen LogP contribution in [-0.2, 0) is 28.6 Å². The zero-order valence-electron chi connectivity index (χ0n) is 36.6. The van der Waals surface area contributed by atoms with E-state index in [1.807, 2.05) is 54.7 Å². The van der Waals surface area contributed by atoms with E-state index < -0.39 is 12.1 Å². The Labute approximate surface area is 349 Å². The molecule has 0 aromatic heterocycles. The van der Waals surface area contributed by atoms with Crippen molar-refractivity contribution in [2.24, 2.45) is 0 Å². The average molecular weight is 791 g/mol. The van der Waals surface area contributed by atoms with Crippen LogP contribution in [0.2, 0.25) is 0 Å². The highest BCUT2D eigenvalue weighted by Gasteiger charge is 2.19. The largest absolute Gasteiger partial charge is 0.462 e. The molecular weight excluding hydrogens is 709 g/mol. The second-order valence-corrected chi connectivity index (χ2v) is 14.7. The maximum Gasteiger partial charge on any atom is 0.306 e. The second kappa shape index (κ2) is 45.0. The minimum atomic E-state index is -0.831. The Bertz CT molecular complexity index is 1180. The molecule has 6 nitrogen and oxygen atoms in total. The van der Waals surface area contributed by atoms with E-state index in [4.69, 9.17) is 14.2 Å². The van der Waals surface area contributed by atoms with Crippen LogP contribution >= 0.6 is 0 Å². The van der Waals surface area contributed by atoms with Crippen LogP contribution in [0.25, 0.3) is 0 Å². The quantitative estimate of drug-likeness (QED) is 0.0203. The van der Waals surface area contributed by atoms with E-state index in [1.54, 1.807) is 0 Å². The van der Waals surface area contributed by atoms with Crippen molar-refractivity contribution in [2.75, 3.05) is 13.2 Å². The lowest BCUT2D eigenvalue weighted by atomic mass is 10.1. The number of ether oxygens (including phenoxy) is 3. The van der Waals surface area contributed by atoms with Gasteiger partial charge in [0.1, 0.15) is 13.2 Å². The molecule has 0 fully saturated rings. The van der Waals surface area contributed by atoms with Gasteiger partial charge in [-0.3, -0.25) is 14.4 Å². The lowest BCUT2D eigenvalue weighted by Gasteiger charge is -2.18. The Hall–Kier alpha value is -3.67. The minimum Gasteiger partial charge on any atom is -0.462 e. The summed E-state index contributed by atoms with van der Waals surface area (Å²) in [5.41, 5.74) is 0. The molecule has 0 aliphatic rings. The summed E-state index contributed by atoms with van der Waals surface area (Å²) in [4.78, 5) is 37.6. The Balaban J connectivity index is 4.55. The molecule has 322 valence electrons. The van der Waals surface area contributed by atoms with Gasteiger partial charge in [0, 0.05) is 19.3 Å². The van der Waals surface area contributed by atoms with Crippen molar-refractivity contribution in [3.05, 3.63) is 97.2 Å². The number of unbranched alkanes of at least 4 members (excludes halogenated alkanes) is 16. The molecule has 0 aromatic rings. The van der Waals surface area contributed by atoms with Gasteiger partial charge in [0.25, 0.3) is 0 Å². The van der Waals surface area contributed by atoms with Crippen molar-refractivity contribution < 1.29 is 28.6 Å². The maximum absolute atomic E-state index is 12.7. The minimum absolute atomic E-state index is 0.122. The average Bonchev–Trinajstić information content (AvgIpc) is 3.21. The van der Waals surface area contributed by atoms with Gasteiger partial charge < -0.3 is 14.2 Å². The first-order valence-corrected chi connectivity index (χ1v) is 22.8. The topological polar surface area (TPSA) is 78.9 Å². The van der Waals surface area contributed by atoms with E-state index in [0.29, 0.717) is 19.3 Å². The third kappa shape index (κ3) is 43.3. The Morgan fingerprint density at radius 3 is 1.30 bits per heavy atom. The smallest absolute Gasteiger partial charge is 0.306 e. The van der Waals surface area contributed by atoms with Crippen molar-refractivity contribution >= 4 is 17.9 Å². The van der Waals surface area contributed by atoms with E-state index in [9.17, 15) is 14.4 Å². The number of allylic oxidation sites excluding steroid dienone is 16. The number of hydrogen-bond acceptors (Lipinski definition) is 6. The number of carbonyl (C=O) groups is 3. The van der Waals surface area contributed by atoms with Crippen LogP contribution in [0.4, 0.5) is 0 Å². The third-order valence-electron chi connectivity index (χ3n) is 9.20. The zero-order valence-corrected chi connectivity index (χ0v) is 36.6. The highest BCUT2D eigenvalue weighted by Crippen LogP contribution is 2.12. The van der Waals surface area contributed by atoms with Gasteiger partial charge in [0.05, 0.1) is 0 Å². The molecule has 0 radical (unpaired) electrons. The molecule has 57 heavy (non-hydrogen) atoms. The first-order valence-electron chi connectivity index (χ1n) is 22.8. The summed E-state index contributed by atoms with van der Waals surface area (Å²) in [6.45, 7) is 6.33. The number of esters is 3. The van der Waals surface area contributed by atoms with Gasteiger partial charge in [-0.2, -0.15) is 0 Å². The second-order valence-electron chi connectivity index (χ2n) is 14.7. The molecule has 1 atom stereocenters. The Kier molecular flexibility index (Phi) is 42.1. The molecule has 0 bridgehead atoms. The van der Waals surface area contributed by atoms with Gasteiger partial charge >= 0.3 is 17.9 Å². The van der Waals surface area contributed by atoms with Crippen LogP contribution < -0.4 is 0 Å². The molecule has 0 heterocycles. The summed E-state index contributed by atoms with van der Waals surface area (Å²) >= 11 is 0. The molecule has 0 aliphatic carbocycles. The van der Waals surface area contributed by atoms with Gasteiger partial charge in [0.15, 0.2) is 6.10 Å². The fourth-order valence-electron chi connectivity index (χ4n) is 5.78. The van der Waals surface area contributed by atoms with Crippen LogP contribution in [0.3, 0.4) is 0 Å². The summed E-state index contributed by atoms with van der Waals surface area (Å²) in [6, 6.07) is 0. The Morgan fingerprint density at radius 2 is 0.772 bits per heavy atom. The molecule has 0 amide bonds. The Morgan fingerprint density at radius 1 is 0.386 bits per heavy atom. The van der Waals surface area contributed by atoms with Crippen molar-refractivity contribution in [2.45, 2.75) is 194 Å². The fraction of sp³-hybridized carbons (Fsp3) is 0.627. The van der Waals surface area contributed by atoms with Crippen LogP contribution in [0.1, 0.15) is 188 Å². The van der Waals surface area contributed by atoms with Gasteiger partial charge in [0.2, 0.25) is 0 Å². The van der Waals surface area contributed by atoms with Gasteiger partial charge in [-0.15, -0.1) is 0 Å². The molecule has 0 rings (SSSR count). The molecule has 6 heteroatoms. The summed E-state index contributed by atoms with van der Waals surface area (Å²) in [5.74, 6) is -1.06. The summed E-state index contributed by atoms with van der Waals surface area (Å²) in [5, 5.41) is 0. The van der Waals surface area contributed by atoms with E-state index >= 15 is 0 Å². The summed E-state index contributed by atoms with van der Waals surface area (Å²) in [7, 11) is 0. The third-order valence-corrected chi connectivity index (χ3v) is 9.20. The SMILES string of the molecule is CC\C=C/C=C\C=C/C=C\C=C/CCCC(=O)OC(COC(=O)CCC/C=C\C/C=C\C/C=C\CCCCCCCC)COC(=O)CCCCCCCCCCC. The van der Waals surface area contributed by atoms with Gasteiger partial charge in [-0.1, -0.05) is 201 Å². The van der Waals surface area contributed by atoms with Crippen molar-refractivity contribution in [1.82, 2.24) is 0 Å². The van der Waals surface area contributed by atoms with Crippen LogP contribution in [0.5, 0.6) is 0 Å².